The first-order valence-electron chi connectivity index (χ1n) is 8.36. The van der Waals surface area contributed by atoms with E-state index in [1.54, 1.807) is 5.82 Å². The molecule has 4 heteroatoms. The molecule has 2 aromatic carbocycles. The van der Waals surface area contributed by atoms with E-state index in [0.29, 0.717) is 13.2 Å². The highest BCUT2D eigenvalue weighted by Gasteiger charge is 2.35. The third-order valence-corrected chi connectivity index (χ3v) is 5.50. The van der Waals surface area contributed by atoms with Crippen molar-refractivity contribution >= 4 is 19.2 Å². The zero-order chi connectivity index (χ0) is 17.8. The monoisotopic (exact) mass is 354 g/mol. The minimum absolute atomic E-state index is 0.117. The molecule has 0 aliphatic carbocycles. The molecule has 0 aromatic heterocycles. The summed E-state index contributed by atoms with van der Waals surface area (Å²) in [7, 11) is -3.25. The summed E-state index contributed by atoms with van der Waals surface area (Å²) in [4.78, 5) is 0. The van der Waals surface area contributed by atoms with E-state index in [9.17, 15) is 4.57 Å². The van der Waals surface area contributed by atoms with Gasteiger partial charge in [0, 0.05) is 11.2 Å². The van der Waals surface area contributed by atoms with Gasteiger partial charge in [-0.25, -0.2) is 0 Å². The Morgan fingerprint density at radius 2 is 1.52 bits per heavy atom. The van der Waals surface area contributed by atoms with Crippen LogP contribution in [-0.2, 0) is 13.6 Å². The Hall–Kier alpha value is -1.93. The fourth-order valence-electron chi connectivity index (χ4n) is 2.45. The van der Waals surface area contributed by atoms with Crippen LogP contribution in [0.1, 0.15) is 25.0 Å². The lowest BCUT2D eigenvalue weighted by Gasteiger charge is -2.32. The van der Waals surface area contributed by atoms with E-state index in [1.165, 1.54) is 0 Å². The molecule has 0 radical (unpaired) electrons. The topological polar surface area (TPSA) is 35.5 Å². The van der Waals surface area contributed by atoms with E-state index in [2.05, 4.69) is 0 Å². The van der Waals surface area contributed by atoms with Gasteiger partial charge < -0.3 is 9.05 Å². The average molecular weight is 354 g/mol. The van der Waals surface area contributed by atoms with Crippen LogP contribution in [0.3, 0.4) is 0 Å². The van der Waals surface area contributed by atoms with Crippen molar-refractivity contribution in [1.82, 2.24) is 0 Å². The minimum Gasteiger partial charge on any atom is -0.305 e. The van der Waals surface area contributed by atoms with Crippen molar-refractivity contribution in [1.29, 1.82) is 0 Å². The molecule has 3 nitrogen and oxygen atoms in total. The summed E-state index contributed by atoms with van der Waals surface area (Å²) in [6.07, 6.45) is 3.95. The molecule has 1 aliphatic heterocycles. The lowest BCUT2D eigenvalue weighted by molar-refractivity contribution is 0.0458. The molecule has 1 aliphatic rings. The van der Waals surface area contributed by atoms with Gasteiger partial charge in [-0.3, -0.25) is 4.57 Å². The highest BCUT2D eigenvalue weighted by molar-refractivity contribution is 7.57. The number of benzene rings is 2. The van der Waals surface area contributed by atoms with Crippen molar-refractivity contribution in [2.75, 3.05) is 13.2 Å². The third kappa shape index (κ3) is 5.02. The fraction of sp³-hybridized carbons (Fsp3) is 0.238. The maximum atomic E-state index is 13.0. The Labute approximate surface area is 149 Å². The van der Waals surface area contributed by atoms with Crippen LogP contribution in [0.25, 0.3) is 11.6 Å². The van der Waals surface area contributed by atoms with Crippen molar-refractivity contribution in [3.8, 4) is 0 Å². The van der Waals surface area contributed by atoms with E-state index in [4.69, 9.17) is 9.05 Å². The summed E-state index contributed by atoms with van der Waals surface area (Å²) < 4.78 is 24.2. The standard InChI is InChI=1S/C21H23O3P/c1-21(2)16-23-25(22,24-17-21)15-20(19-11-7-4-8-12-19)14-13-18-9-5-3-6-10-18/h3-15H,16-17H2,1-2H3/b14-13+,20-15+. The smallest absolute Gasteiger partial charge is 0.305 e. The highest BCUT2D eigenvalue weighted by Crippen LogP contribution is 2.56. The second-order valence-corrected chi connectivity index (χ2v) is 8.80. The molecule has 0 spiro atoms. The summed E-state index contributed by atoms with van der Waals surface area (Å²) >= 11 is 0. The van der Waals surface area contributed by atoms with Crippen LogP contribution in [0.4, 0.5) is 0 Å². The molecule has 0 amide bonds. The normalized spacial score (nSPS) is 19.8. The van der Waals surface area contributed by atoms with Gasteiger partial charge in [0.15, 0.2) is 0 Å². The summed E-state index contributed by atoms with van der Waals surface area (Å²) in [6, 6.07) is 19.9. The Kier molecular flexibility index (Phi) is 5.39. The first-order chi connectivity index (χ1) is 12.0. The molecular weight excluding hydrogens is 331 g/mol. The zero-order valence-electron chi connectivity index (χ0n) is 14.6. The molecule has 0 atom stereocenters. The maximum Gasteiger partial charge on any atom is 0.354 e. The number of allylic oxidation sites excluding steroid dienone is 2. The van der Waals surface area contributed by atoms with Crippen LogP contribution in [0.5, 0.6) is 0 Å². The Morgan fingerprint density at radius 1 is 0.960 bits per heavy atom. The first kappa shape index (κ1) is 17.9. The molecule has 2 aromatic rings. The lowest BCUT2D eigenvalue weighted by Crippen LogP contribution is -2.28. The number of hydrogen-bond donors (Lipinski definition) is 0. The molecule has 0 saturated carbocycles. The van der Waals surface area contributed by atoms with Crippen LogP contribution in [0, 0.1) is 5.41 Å². The second-order valence-electron chi connectivity index (χ2n) is 6.95. The third-order valence-electron chi connectivity index (χ3n) is 3.93. The lowest BCUT2D eigenvalue weighted by atomic mass is 9.97. The fourth-order valence-corrected chi connectivity index (χ4v) is 4.31. The molecule has 1 fully saturated rings. The van der Waals surface area contributed by atoms with E-state index in [0.717, 1.165) is 16.7 Å². The average Bonchev–Trinajstić information content (AvgIpc) is 2.63. The van der Waals surface area contributed by atoms with Crippen LogP contribution in [-0.4, -0.2) is 13.2 Å². The van der Waals surface area contributed by atoms with Crippen molar-refractivity contribution in [2.24, 2.45) is 5.41 Å². The number of hydrogen-bond acceptors (Lipinski definition) is 3. The van der Waals surface area contributed by atoms with Gasteiger partial charge in [-0.05, 0) is 16.7 Å². The van der Waals surface area contributed by atoms with E-state index in [-0.39, 0.29) is 5.41 Å². The van der Waals surface area contributed by atoms with Gasteiger partial charge in [-0.15, -0.1) is 0 Å². The van der Waals surface area contributed by atoms with Crippen LogP contribution in [0.2, 0.25) is 0 Å². The molecule has 1 saturated heterocycles. The van der Waals surface area contributed by atoms with Crippen LogP contribution < -0.4 is 0 Å². The van der Waals surface area contributed by atoms with Crippen LogP contribution in [0.15, 0.2) is 72.6 Å². The van der Waals surface area contributed by atoms with Gasteiger partial charge >= 0.3 is 7.60 Å². The van der Waals surface area contributed by atoms with Crippen molar-refractivity contribution < 1.29 is 13.6 Å². The van der Waals surface area contributed by atoms with E-state index >= 15 is 0 Å². The molecular formula is C21H23O3P. The predicted octanol–water partition coefficient (Wildman–Crippen LogP) is 6.01. The molecule has 25 heavy (non-hydrogen) atoms. The van der Waals surface area contributed by atoms with Gasteiger partial charge in [-0.2, -0.15) is 0 Å². The second kappa shape index (κ2) is 7.53. The molecule has 130 valence electrons. The minimum atomic E-state index is -3.25. The van der Waals surface area contributed by atoms with Gasteiger partial charge in [0.25, 0.3) is 0 Å². The van der Waals surface area contributed by atoms with Crippen molar-refractivity contribution in [2.45, 2.75) is 13.8 Å². The zero-order valence-corrected chi connectivity index (χ0v) is 15.5. The summed E-state index contributed by atoms with van der Waals surface area (Å²) in [5.74, 6) is 1.64. The first-order valence-corrected chi connectivity index (χ1v) is 9.97. The van der Waals surface area contributed by atoms with Gasteiger partial charge in [0.1, 0.15) is 0 Å². The molecule has 0 unspecified atom stereocenters. The van der Waals surface area contributed by atoms with E-state index in [1.807, 2.05) is 86.7 Å². The van der Waals surface area contributed by atoms with Crippen molar-refractivity contribution in [3.63, 3.8) is 0 Å². The molecule has 3 rings (SSSR count). The quantitative estimate of drug-likeness (QED) is 0.498. The largest absolute Gasteiger partial charge is 0.354 e. The molecule has 1 heterocycles. The summed E-state index contributed by atoms with van der Waals surface area (Å²) in [5.41, 5.74) is 2.76. The van der Waals surface area contributed by atoms with Crippen molar-refractivity contribution in [3.05, 3.63) is 83.7 Å². The van der Waals surface area contributed by atoms with Gasteiger partial charge in [-0.1, -0.05) is 86.7 Å². The van der Waals surface area contributed by atoms with Crippen LogP contribution >= 0.6 is 7.60 Å². The summed E-state index contributed by atoms with van der Waals surface area (Å²) in [6.45, 7) is 4.91. The Bertz CT molecular complexity index is 794. The molecule has 0 N–H and O–H groups in total. The van der Waals surface area contributed by atoms with E-state index < -0.39 is 7.60 Å². The summed E-state index contributed by atoms with van der Waals surface area (Å²) in [5, 5.41) is 0. The Balaban J connectivity index is 1.92. The van der Waals surface area contributed by atoms with Gasteiger partial charge in [0.2, 0.25) is 0 Å². The Morgan fingerprint density at radius 3 is 2.12 bits per heavy atom. The van der Waals surface area contributed by atoms with Gasteiger partial charge in [0.05, 0.1) is 13.2 Å². The molecule has 0 bridgehead atoms. The number of rotatable bonds is 4. The maximum absolute atomic E-state index is 13.0. The highest BCUT2D eigenvalue weighted by atomic mass is 31.2. The predicted molar refractivity (Wildman–Crippen MR) is 103 cm³/mol. The SMILES string of the molecule is CC1(C)COP(=O)(/C=C(\C=C\c2ccccc2)c2ccccc2)OC1.